The maximum atomic E-state index is 14.5. The maximum Gasteiger partial charge on any atom is 0.180 e. The molecular formula is C23H20FN7O. The first-order chi connectivity index (χ1) is 15.4. The van der Waals surface area contributed by atoms with Gasteiger partial charge in [0.05, 0.1) is 28.4 Å². The maximum absolute atomic E-state index is 14.5. The van der Waals surface area contributed by atoms with Gasteiger partial charge < -0.3 is 19.7 Å². The molecule has 9 heteroatoms. The topological polar surface area (TPSA) is 94.4 Å². The predicted octanol–water partition coefficient (Wildman–Crippen LogP) is 3.73. The van der Waals surface area contributed by atoms with Crippen LogP contribution in [0.1, 0.15) is 6.92 Å². The number of fused-ring (bicyclic) bond motifs is 2. The summed E-state index contributed by atoms with van der Waals surface area (Å²) in [5.74, 6) is 0.214. The summed E-state index contributed by atoms with van der Waals surface area (Å²) in [4.78, 5) is 11.3. The third kappa shape index (κ3) is 3.14. The Morgan fingerprint density at radius 3 is 2.78 bits per heavy atom. The number of nitrogens with zero attached hydrogens (tertiary/aromatic N) is 5. The van der Waals surface area contributed by atoms with E-state index in [1.165, 1.54) is 12.3 Å². The second-order valence-electron chi connectivity index (χ2n) is 8.45. The Balaban J connectivity index is 1.34. The van der Waals surface area contributed by atoms with Crippen LogP contribution < -0.4 is 10.2 Å². The summed E-state index contributed by atoms with van der Waals surface area (Å²) in [6.45, 7) is 3.08. The average molecular weight is 429 g/mol. The molecule has 0 aliphatic carbocycles. The Bertz CT molecular complexity index is 1450. The number of anilines is 3. The van der Waals surface area contributed by atoms with Gasteiger partial charge in [0.15, 0.2) is 11.5 Å². The van der Waals surface area contributed by atoms with Crippen LogP contribution in [0.4, 0.5) is 21.6 Å². The molecule has 0 saturated carbocycles. The van der Waals surface area contributed by atoms with E-state index in [-0.39, 0.29) is 5.82 Å². The van der Waals surface area contributed by atoms with Crippen molar-refractivity contribution in [3.05, 3.63) is 67.0 Å². The number of β-amino-alcohol motifs (C(OH)–C–C–N with tert-alkyl or cyclic N) is 1. The molecule has 1 aliphatic heterocycles. The van der Waals surface area contributed by atoms with Gasteiger partial charge in [0.2, 0.25) is 0 Å². The quantitative estimate of drug-likeness (QED) is 0.403. The minimum atomic E-state index is -0.619. The minimum Gasteiger partial charge on any atom is -0.386 e. The molecular weight excluding hydrogens is 409 g/mol. The first-order valence-corrected chi connectivity index (χ1v) is 10.3. The smallest absolute Gasteiger partial charge is 0.180 e. The fourth-order valence-electron chi connectivity index (χ4n) is 4.16. The van der Waals surface area contributed by atoms with Gasteiger partial charge in [0.25, 0.3) is 0 Å². The number of aromatic amines is 1. The van der Waals surface area contributed by atoms with Crippen molar-refractivity contribution in [2.24, 2.45) is 0 Å². The van der Waals surface area contributed by atoms with Gasteiger partial charge in [0.1, 0.15) is 5.82 Å². The number of halogens is 1. The standard InChI is InChI=1S/C23H20FN7O/c1-23(32)12-31(13-23)16-4-2-15(3-5-16)27-21-22-25-6-7-30(22)11-20(28-21)14-8-18(24)17-10-26-29-19(17)9-14/h2-11,32H,12-13H2,1H3,(H,26,29)(H,27,28). The SMILES string of the molecule is CC1(O)CN(c2ccc(Nc3nc(-c4cc(F)c5cn[nH]c5c4)cn4ccnc34)cc2)C1. The lowest BCUT2D eigenvalue weighted by molar-refractivity contribution is 0.0310. The molecule has 6 rings (SSSR count). The summed E-state index contributed by atoms with van der Waals surface area (Å²) in [5.41, 5.74) is 3.81. The molecule has 0 atom stereocenters. The summed E-state index contributed by atoms with van der Waals surface area (Å²) in [6, 6.07) is 11.2. The van der Waals surface area contributed by atoms with Crippen LogP contribution in [-0.4, -0.2) is 48.4 Å². The van der Waals surface area contributed by atoms with E-state index in [4.69, 9.17) is 4.98 Å². The molecule has 0 radical (unpaired) electrons. The first-order valence-electron chi connectivity index (χ1n) is 10.3. The number of benzene rings is 2. The van der Waals surface area contributed by atoms with Gasteiger partial charge >= 0.3 is 0 Å². The Kier molecular flexibility index (Phi) is 3.96. The van der Waals surface area contributed by atoms with E-state index in [2.05, 4.69) is 25.4 Å². The van der Waals surface area contributed by atoms with E-state index in [0.717, 1.165) is 11.4 Å². The minimum absolute atomic E-state index is 0.353. The Morgan fingerprint density at radius 1 is 1.19 bits per heavy atom. The molecule has 1 saturated heterocycles. The second-order valence-corrected chi connectivity index (χ2v) is 8.45. The Morgan fingerprint density at radius 2 is 2.00 bits per heavy atom. The summed E-state index contributed by atoms with van der Waals surface area (Å²) >= 11 is 0. The number of H-pyrrole nitrogens is 1. The van der Waals surface area contributed by atoms with Crippen LogP contribution in [0.25, 0.3) is 27.8 Å². The molecule has 2 aromatic carbocycles. The zero-order valence-corrected chi connectivity index (χ0v) is 17.2. The molecule has 0 amide bonds. The number of nitrogens with one attached hydrogen (secondary N) is 2. The lowest BCUT2D eigenvalue weighted by Gasteiger charge is -2.45. The van der Waals surface area contributed by atoms with E-state index < -0.39 is 5.60 Å². The van der Waals surface area contributed by atoms with Gasteiger partial charge in [-0.05, 0) is 43.3 Å². The molecule has 32 heavy (non-hydrogen) atoms. The first kappa shape index (κ1) is 18.8. The Hall–Kier alpha value is -3.98. The predicted molar refractivity (Wildman–Crippen MR) is 121 cm³/mol. The third-order valence-corrected chi connectivity index (χ3v) is 5.74. The van der Waals surface area contributed by atoms with Crippen molar-refractivity contribution in [1.82, 2.24) is 24.6 Å². The van der Waals surface area contributed by atoms with Crippen molar-refractivity contribution in [3.63, 3.8) is 0 Å². The summed E-state index contributed by atoms with van der Waals surface area (Å²) in [6.07, 6.45) is 6.82. The largest absolute Gasteiger partial charge is 0.386 e. The van der Waals surface area contributed by atoms with Crippen LogP contribution in [-0.2, 0) is 0 Å². The second kappa shape index (κ2) is 6.76. The van der Waals surface area contributed by atoms with Gasteiger partial charge in [0, 0.05) is 48.6 Å². The van der Waals surface area contributed by atoms with Gasteiger partial charge in [-0.25, -0.2) is 14.4 Å². The molecule has 1 fully saturated rings. The molecule has 0 bridgehead atoms. The van der Waals surface area contributed by atoms with Gasteiger partial charge in [-0.3, -0.25) is 5.10 Å². The molecule has 3 N–H and O–H groups in total. The van der Waals surface area contributed by atoms with Crippen LogP contribution in [0, 0.1) is 5.82 Å². The van der Waals surface area contributed by atoms with Crippen LogP contribution in [0.3, 0.4) is 0 Å². The molecule has 4 heterocycles. The number of aliphatic hydroxyl groups is 1. The molecule has 5 aromatic rings. The van der Waals surface area contributed by atoms with Gasteiger partial charge in [-0.1, -0.05) is 0 Å². The molecule has 3 aromatic heterocycles. The van der Waals surface area contributed by atoms with E-state index in [1.54, 1.807) is 6.20 Å². The van der Waals surface area contributed by atoms with E-state index in [9.17, 15) is 9.50 Å². The summed E-state index contributed by atoms with van der Waals surface area (Å²) < 4.78 is 16.4. The van der Waals surface area contributed by atoms with E-state index in [0.29, 0.717) is 46.7 Å². The van der Waals surface area contributed by atoms with Crippen LogP contribution in [0.5, 0.6) is 0 Å². The number of hydrogen-bond donors (Lipinski definition) is 3. The van der Waals surface area contributed by atoms with Crippen LogP contribution in [0.15, 0.2) is 61.2 Å². The van der Waals surface area contributed by atoms with E-state index in [1.807, 2.05) is 54.0 Å². The molecule has 0 unspecified atom stereocenters. The Labute approximate surface area is 182 Å². The highest BCUT2D eigenvalue weighted by Crippen LogP contribution is 2.30. The highest BCUT2D eigenvalue weighted by molar-refractivity contribution is 5.84. The van der Waals surface area contributed by atoms with Gasteiger partial charge in [-0.2, -0.15) is 5.10 Å². The number of aromatic nitrogens is 5. The molecule has 160 valence electrons. The zero-order valence-electron chi connectivity index (χ0n) is 17.2. The van der Waals surface area contributed by atoms with Crippen molar-refractivity contribution >= 4 is 33.7 Å². The molecule has 8 nitrogen and oxygen atoms in total. The fourth-order valence-corrected chi connectivity index (χ4v) is 4.16. The number of hydrogen-bond acceptors (Lipinski definition) is 6. The monoisotopic (exact) mass is 429 g/mol. The van der Waals surface area contributed by atoms with Crippen LogP contribution >= 0.6 is 0 Å². The normalized spacial score (nSPS) is 15.3. The summed E-state index contributed by atoms with van der Waals surface area (Å²) in [7, 11) is 0. The van der Waals surface area contributed by atoms with Crippen molar-refractivity contribution in [3.8, 4) is 11.3 Å². The van der Waals surface area contributed by atoms with Crippen molar-refractivity contribution in [2.45, 2.75) is 12.5 Å². The highest BCUT2D eigenvalue weighted by Gasteiger charge is 2.36. The average Bonchev–Trinajstić information content (AvgIpc) is 3.42. The van der Waals surface area contributed by atoms with E-state index >= 15 is 0 Å². The van der Waals surface area contributed by atoms with Crippen molar-refractivity contribution in [2.75, 3.05) is 23.3 Å². The highest BCUT2D eigenvalue weighted by atomic mass is 19.1. The third-order valence-electron chi connectivity index (χ3n) is 5.74. The fraction of sp³-hybridized carbons (Fsp3) is 0.174. The van der Waals surface area contributed by atoms with Gasteiger partial charge in [-0.15, -0.1) is 0 Å². The van der Waals surface area contributed by atoms with Crippen molar-refractivity contribution in [1.29, 1.82) is 0 Å². The lowest BCUT2D eigenvalue weighted by atomic mass is 9.96. The zero-order chi connectivity index (χ0) is 21.9. The number of imidazole rings is 1. The molecule has 1 aliphatic rings. The number of rotatable bonds is 4. The van der Waals surface area contributed by atoms with Crippen LogP contribution in [0.2, 0.25) is 0 Å². The summed E-state index contributed by atoms with van der Waals surface area (Å²) in [5, 5.41) is 20.5. The molecule has 0 spiro atoms. The lowest BCUT2D eigenvalue weighted by Crippen LogP contribution is -2.60. The van der Waals surface area contributed by atoms with Crippen molar-refractivity contribution < 1.29 is 9.50 Å².